The van der Waals surface area contributed by atoms with Crippen molar-refractivity contribution in [1.82, 2.24) is 0 Å². The average Bonchev–Trinajstić information content (AvgIpc) is 0. The maximum absolute atomic E-state index is 0. The minimum absolute atomic E-state index is 0. The molecule has 27 valence electrons. The number of rotatable bonds is 0. The maximum atomic E-state index is 0. The van der Waals surface area contributed by atoms with Crippen LogP contribution in [0.4, 0.5) is 0 Å². The zero-order valence-corrected chi connectivity index (χ0v) is 1.24. The van der Waals surface area contributed by atoms with E-state index in [1.165, 1.54) is 0 Å². The Balaban J connectivity index is 0. The van der Waals surface area contributed by atoms with Crippen LogP contribution in [-0.2, 0) is 17.1 Å². The Morgan fingerprint density at radius 1 is 1.00 bits per heavy atom. The Morgan fingerprint density at radius 3 is 1.00 bits per heavy atom. The van der Waals surface area contributed by atoms with Crippen molar-refractivity contribution >= 4 is 63.5 Å². The topological polar surface area (TPSA) is 0 Å². The van der Waals surface area contributed by atoms with Crippen molar-refractivity contribution in [3.63, 3.8) is 0 Å². The Labute approximate surface area is 79.3 Å². The quantitative estimate of drug-likeness (QED) is 0.317. The molecule has 0 aliphatic rings. The first-order valence-electron chi connectivity index (χ1n) is 0. The molecule has 0 unspecified atom stereocenters. The van der Waals surface area contributed by atoms with Gasteiger partial charge in [0.05, 0.1) is 8.41 Å². The van der Waals surface area contributed by atoms with Crippen LogP contribution in [0.25, 0.3) is 0 Å². The molecule has 0 spiro atoms. The van der Waals surface area contributed by atoms with Crippen LogP contribution in [0.1, 0.15) is 0 Å². The van der Waals surface area contributed by atoms with E-state index in [2.05, 4.69) is 0 Å². The molecule has 0 bridgehead atoms. The Kier molecular flexibility index (Phi) is 149. The van der Waals surface area contributed by atoms with Crippen molar-refractivity contribution in [2.45, 2.75) is 0 Å². The van der Waals surface area contributed by atoms with Crippen LogP contribution in [0.5, 0.6) is 0 Å². The van der Waals surface area contributed by atoms with Gasteiger partial charge in [0.15, 0.2) is 17.4 Å². The minimum atomic E-state index is 0. The zero-order valence-electron chi connectivity index (χ0n) is 0.302. The average molecular weight is 149 g/mol. The molecule has 0 N–H and O–H groups in total. The van der Waals surface area contributed by atoms with Crippen molar-refractivity contribution in [2.24, 2.45) is 0 Å². The fourth-order valence-electron chi connectivity index (χ4n) is 0. The fourth-order valence-corrected chi connectivity index (χ4v) is 0. The smallest absolute Gasteiger partial charge is 0 e. The van der Waals surface area contributed by atoms with E-state index in [1.54, 1.807) is 0 Å². The van der Waals surface area contributed by atoms with E-state index in [9.17, 15) is 0 Å². The second-order valence-electron chi connectivity index (χ2n) is 0. The number of hydrogen-bond donors (Lipinski definition) is 0. The molecule has 0 aromatic carbocycles. The van der Waals surface area contributed by atoms with E-state index in [1.807, 2.05) is 0 Å². The van der Waals surface area contributed by atoms with Crippen molar-refractivity contribution in [3.05, 3.63) is 0 Å². The van der Waals surface area contributed by atoms with Gasteiger partial charge < -0.3 is 0 Å². The van der Waals surface area contributed by atoms with Crippen LogP contribution < -0.4 is 0 Å². The molecule has 0 saturated carbocycles. The van der Waals surface area contributed by atoms with Crippen LogP contribution >= 0.6 is 0 Å². The predicted octanol–water partition coefficient (Wildman–Crippen LogP) is -3.29. The molecule has 0 aromatic heterocycles. The summed E-state index contributed by atoms with van der Waals surface area (Å²) in [5.41, 5.74) is 0. The van der Waals surface area contributed by atoms with Crippen LogP contribution in [-0.4, -0.2) is 63.5 Å². The van der Waals surface area contributed by atoms with Gasteiger partial charge in [-0.1, -0.05) is 0 Å². The first kappa shape index (κ1) is 32.6. The Hall–Kier alpha value is 2.38. The van der Waals surface area contributed by atoms with Crippen molar-refractivity contribution in [2.75, 3.05) is 0 Å². The van der Waals surface area contributed by atoms with Gasteiger partial charge in [-0.15, -0.1) is 0 Å². The van der Waals surface area contributed by atoms with E-state index in [0.29, 0.717) is 0 Å². The second-order valence-corrected chi connectivity index (χ2v) is 0. The van der Waals surface area contributed by atoms with Gasteiger partial charge in [-0.05, 0) is 0 Å². The normalized spacial score (nSPS) is 0. The predicted molar refractivity (Wildman–Crippen MR) is 28.4 cm³/mol. The maximum Gasteiger partial charge on any atom is 0 e. The van der Waals surface area contributed by atoms with E-state index >= 15 is 0 Å². The first-order valence-corrected chi connectivity index (χ1v) is 0. The monoisotopic (exact) mass is 149 g/mol. The zero-order chi connectivity index (χ0) is 0. The summed E-state index contributed by atoms with van der Waals surface area (Å²) in [6.07, 6.45) is 0. The van der Waals surface area contributed by atoms with E-state index < -0.39 is 0 Å². The molecule has 0 fully saturated rings. The Morgan fingerprint density at radius 2 is 1.00 bits per heavy atom. The Bertz CT molecular complexity index is 8.00. The second kappa shape index (κ2) is 18.2. The third kappa shape index (κ3) is 8.83. The van der Waals surface area contributed by atoms with Gasteiger partial charge in [0.25, 0.3) is 0 Å². The third-order valence-corrected chi connectivity index (χ3v) is 0. The summed E-state index contributed by atoms with van der Waals surface area (Å²) in [4.78, 5) is 0. The number of hydrogen-bond acceptors (Lipinski definition) is 0. The molecule has 0 atom stereocenters. The molecule has 0 saturated heterocycles. The van der Waals surface area contributed by atoms with Gasteiger partial charge in [0.2, 0.25) is 0 Å². The fraction of sp³-hybridized carbons (Fsp3) is 0. The molecular formula is H8AlBCaCu. The van der Waals surface area contributed by atoms with Crippen molar-refractivity contribution < 1.29 is 17.1 Å². The summed E-state index contributed by atoms with van der Waals surface area (Å²) < 4.78 is 0. The van der Waals surface area contributed by atoms with Crippen LogP contribution in [0.15, 0.2) is 0 Å². The molecule has 0 heterocycles. The van der Waals surface area contributed by atoms with Gasteiger partial charge in [-0.3, -0.25) is 0 Å². The van der Waals surface area contributed by atoms with E-state index in [0.717, 1.165) is 0 Å². The summed E-state index contributed by atoms with van der Waals surface area (Å²) >= 11 is 0. The van der Waals surface area contributed by atoms with Gasteiger partial charge in [-0.2, -0.15) is 0 Å². The molecule has 1 radical (unpaired) electrons. The molecule has 0 aliphatic carbocycles. The van der Waals surface area contributed by atoms with Gasteiger partial charge in [-0.25, -0.2) is 0 Å². The van der Waals surface area contributed by atoms with Crippen LogP contribution in [0.2, 0.25) is 0 Å². The van der Waals surface area contributed by atoms with Gasteiger partial charge >= 0.3 is 37.7 Å². The molecule has 0 aliphatic heterocycles. The van der Waals surface area contributed by atoms with E-state index in [4.69, 9.17) is 0 Å². The third-order valence-electron chi connectivity index (χ3n) is 0. The SMILES string of the molecule is B.[AlH3].[CaH2].[Cu]. The first-order chi connectivity index (χ1) is 0. The molecule has 4 heteroatoms. The van der Waals surface area contributed by atoms with Gasteiger partial charge in [0, 0.05) is 17.1 Å². The summed E-state index contributed by atoms with van der Waals surface area (Å²) in [6.45, 7) is 0. The minimum Gasteiger partial charge on any atom is 0 e. The largest absolute Gasteiger partial charge is 0 e. The summed E-state index contributed by atoms with van der Waals surface area (Å²) in [5, 5.41) is 0. The molecule has 0 amide bonds. The standard InChI is InChI=1S/Al.BH3.Ca.Cu.5H/h;1H3;;;;;;;. The van der Waals surface area contributed by atoms with Crippen molar-refractivity contribution in [3.8, 4) is 0 Å². The van der Waals surface area contributed by atoms with Gasteiger partial charge in [0.1, 0.15) is 0 Å². The molecule has 0 nitrogen and oxygen atoms in total. The molecule has 0 rings (SSSR count). The van der Waals surface area contributed by atoms with Crippen LogP contribution in [0, 0.1) is 0 Å². The summed E-state index contributed by atoms with van der Waals surface area (Å²) in [7, 11) is 0. The van der Waals surface area contributed by atoms with E-state index in [-0.39, 0.29) is 80.6 Å². The van der Waals surface area contributed by atoms with Crippen LogP contribution in [0.3, 0.4) is 0 Å². The summed E-state index contributed by atoms with van der Waals surface area (Å²) in [5.74, 6) is 0. The van der Waals surface area contributed by atoms with Crippen molar-refractivity contribution in [1.29, 1.82) is 0 Å². The molecule has 0 aromatic rings. The summed E-state index contributed by atoms with van der Waals surface area (Å²) in [6, 6.07) is 0. The molecular weight excluding hydrogens is 141 g/mol. The molecule has 4 heavy (non-hydrogen) atoms.